The molecule has 0 N–H and O–H groups in total. The summed E-state index contributed by atoms with van der Waals surface area (Å²) in [6.45, 7) is 0.215. The highest BCUT2D eigenvalue weighted by molar-refractivity contribution is 6.30. The lowest BCUT2D eigenvalue weighted by Gasteiger charge is -2.16. The SMILES string of the molecule is O=C(Oc1ccc([N+](=O)[O-])cc1)[C@@H]1CC(=O)N(c2ccc(Cl)cc2)C1. The predicted molar refractivity (Wildman–Crippen MR) is 90.6 cm³/mol. The van der Waals surface area contributed by atoms with Crippen molar-refractivity contribution in [3.05, 3.63) is 63.7 Å². The van der Waals surface area contributed by atoms with Crippen molar-refractivity contribution in [2.45, 2.75) is 6.42 Å². The van der Waals surface area contributed by atoms with Gasteiger partial charge in [-0.2, -0.15) is 0 Å². The zero-order valence-corrected chi connectivity index (χ0v) is 13.7. The van der Waals surface area contributed by atoms with Gasteiger partial charge in [0.2, 0.25) is 5.91 Å². The quantitative estimate of drug-likeness (QED) is 0.361. The highest BCUT2D eigenvalue weighted by atomic mass is 35.5. The molecule has 2 aromatic rings. The molecule has 0 unspecified atom stereocenters. The number of non-ortho nitro benzene ring substituents is 1. The third kappa shape index (κ3) is 3.77. The topological polar surface area (TPSA) is 89.7 Å². The van der Waals surface area contributed by atoms with Crippen LogP contribution in [0.25, 0.3) is 0 Å². The molecule has 1 aliphatic rings. The molecule has 1 aliphatic heterocycles. The van der Waals surface area contributed by atoms with Crippen LogP contribution in [0.2, 0.25) is 5.02 Å². The van der Waals surface area contributed by atoms with Gasteiger partial charge in [-0.05, 0) is 36.4 Å². The van der Waals surface area contributed by atoms with Crippen LogP contribution in [0, 0.1) is 16.0 Å². The first kappa shape index (κ1) is 16.9. The molecule has 128 valence electrons. The van der Waals surface area contributed by atoms with E-state index in [1.165, 1.54) is 29.2 Å². The van der Waals surface area contributed by atoms with Crippen LogP contribution in [-0.2, 0) is 9.59 Å². The molecular weight excluding hydrogens is 348 g/mol. The highest BCUT2D eigenvalue weighted by Gasteiger charge is 2.36. The molecule has 3 rings (SSSR count). The third-order valence-corrected chi connectivity index (χ3v) is 4.11. The molecule has 0 spiro atoms. The van der Waals surface area contributed by atoms with Gasteiger partial charge < -0.3 is 9.64 Å². The van der Waals surface area contributed by atoms with Crippen LogP contribution in [0.4, 0.5) is 11.4 Å². The summed E-state index contributed by atoms with van der Waals surface area (Å²) in [6.07, 6.45) is 0.0500. The number of amides is 1. The third-order valence-electron chi connectivity index (χ3n) is 3.86. The second kappa shape index (κ2) is 6.90. The fourth-order valence-electron chi connectivity index (χ4n) is 2.57. The first-order valence-corrected chi connectivity index (χ1v) is 7.84. The van der Waals surface area contributed by atoms with E-state index < -0.39 is 16.8 Å². The number of hydrogen-bond acceptors (Lipinski definition) is 5. The fourth-order valence-corrected chi connectivity index (χ4v) is 2.70. The Morgan fingerprint density at radius 2 is 1.80 bits per heavy atom. The fraction of sp³-hybridized carbons (Fsp3) is 0.176. The molecule has 0 aliphatic carbocycles. The molecule has 2 aromatic carbocycles. The van der Waals surface area contributed by atoms with Crippen molar-refractivity contribution in [1.29, 1.82) is 0 Å². The molecule has 25 heavy (non-hydrogen) atoms. The minimum Gasteiger partial charge on any atom is -0.426 e. The van der Waals surface area contributed by atoms with Gasteiger partial charge in [0.15, 0.2) is 0 Å². The van der Waals surface area contributed by atoms with Crippen molar-refractivity contribution < 1.29 is 19.2 Å². The van der Waals surface area contributed by atoms with Crippen molar-refractivity contribution in [3.63, 3.8) is 0 Å². The number of nitrogens with zero attached hydrogens (tertiary/aromatic N) is 2. The maximum Gasteiger partial charge on any atom is 0.316 e. The van der Waals surface area contributed by atoms with E-state index in [1.807, 2.05) is 0 Å². The second-order valence-electron chi connectivity index (χ2n) is 5.55. The smallest absolute Gasteiger partial charge is 0.316 e. The molecule has 1 heterocycles. The largest absolute Gasteiger partial charge is 0.426 e. The maximum atomic E-state index is 12.3. The summed E-state index contributed by atoms with van der Waals surface area (Å²) in [5.41, 5.74) is 0.574. The number of hydrogen-bond donors (Lipinski definition) is 0. The van der Waals surface area contributed by atoms with E-state index in [4.69, 9.17) is 16.3 Å². The highest BCUT2D eigenvalue weighted by Crippen LogP contribution is 2.27. The number of anilines is 1. The Hall–Kier alpha value is -2.93. The molecule has 1 saturated heterocycles. The molecule has 0 aromatic heterocycles. The lowest BCUT2D eigenvalue weighted by atomic mass is 10.1. The number of ether oxygens (including phenoxy) is 1. The van der Waals surface area contributed by atoms with Crippen molar-refractivity contribution in [2.24, 2.45) is 5.92 Å². The molecule has 0 saturated carbocycles. The van der Waals surface area contributed by atoms with E-state index in [0.717, 1.165) is 0 Å². The first-order chi connectivity index (χ1) is 11.9. The molecule has 7 nitrogen and oxygen atoms in total. The van der Waals surface area contributed by atoms with E-state index in [0.29, 0.717) is 10.7 Å². The summed E-state index contributed by atoms with van der Waals surface area (Å²) in [7, 11) is 0. The van der Waals surface area contributed by atoms with Crippen molar-refractivity contribution in [1.82, 2.24) is 0 Å². The number of benzene rings is 2. The Labute approximate surface area is 147 Å². The zero-order valence-electron chi connectivity index (χ0n) is 12.9. The van der Waals surface area contributed by atoms with Crippen LogP contribution >= 0.6 is 11.6 Å². The Bertz CT molecular complexity index is 820. The van der Waals surface area contributed by atoms with Gasteiger partial charge in [0.25, 0.3) is 5.69 Å². The lowest BCUT2D eigenvalue weighted by molar-refractivity contribution is -0.384. The number of carbonyl (C=O) groups excluding carboxylic acids is 2. The van der Waals surface area contributed by atoms with E-state index in [-0.39, 0.29) is 30.3 Å². The number of halogens is 1. The second-order valence-corrected chi connectivity index (χ2v) is 5.99. The molecule has 1 amide bonds. The van der Waals surface area contributed by atoms with Crippen molar-refractivity contribution in [3.8, 4) is 5.75 Å². The molecule has 1 fully saturated rings. The van der Waals surface area contributed by atoms with E-state index >= 15 is 0 Å². The van der Waals surface area contributed by atoms with Gasteiger partial charge in [0.1, 0.15) is 5.75 Å². The van der Waals surface area contributed by atoms with E-state index in [9.17, 15) is 19.7 Å². The maximum absolute atomic E-state index is 12.3. The van der Waals surface area contributed by atoms with Crippen LogP contribution in [0.3, 0.4) is 0 Å². The minimum atomic E-state index is -0.599. The number of nitro groups is 1. The van der Waals surface area contributed by atoms with Crippen molar-refractivity contribution >= 4 is 34.9 Å². The van der Waals surface area contributed by atoms with Crippen LogP contribution < -0.4 is 9.64 Å². The molecular formula is C17H13ClN2O5. The van der Waals surface area contributed by atoms with Crippen LogP contribution in [-0.4, -0.2) is 23.3 Å². The van der Waals surface area contributed by atoms with Gasteiger partial charge in [-0.15, -0.1) is 0 Å². The number of rotatable bonds is 4. The Kier molecular flexibility index (Phi) is 4.67. The summed E-state index contributed by atoms with van der Waals surface area (Å²) >= 11 is 5.84. The Morgan fingerprint density at radius 3 is 2.40 bits per heavy atom. The molecule has 0 bridgehead atoms. The zero-order chi connectivity index (χ0) is 18.0. The van der Waals surface area contributed by atoms with Gasteiger partial charge in [-0.3, -0.25) is 19.7 Å². The van der Waals surface area contributed by atoms with Gasteiger partial charge in [0.05, 0.1) is 10.8 Å². The average molecular weight is 361 g/mol. The Morgan fingerprint density at radius 1 is 1.16 bits per heavy atom. The first-order valence-electron chi connectivity index (χ1n) is 7.46. The molecule has 8 heteroatoms. The lowest BCUT2D eigenvalue weighted by Crippen LogP contribution is -2.27. The molecule has 1 atom stereocenters. The van der Waals surface area contributed by atoms with Crippen LogP contribution in [0.1, 0.15) is 6.42 Å². The summed E-state index contributed by atoms with van der Waals surface area (Å²) in [5.74, 6) is -1.11. The normalized spacial score (nSPS) is 16.8. The monoisotopic (exact) mass is 360 g/mol. The van der Waals surface area contributed by atoms with E-state index in [1.54, 1.807) is 24.3 Å². The average Bonchev–Trinajstić information content (AvgIpc) is 2.98. The summed E-state index contributed by atoms with van der Waals surface area (Å²) in [5, 5.41) is 11.2. The minimum absolute atomic E-state index is 0.0500. The summed E-state index contributed by atoms with van der Waals surface area (Å²) < 4.78 is 5.22. The van der Waals surface area contributed by atoms with Crippen LogP contribution in [0.5, 0.6) is 5.75 Å². The van der Waals surface area contributed by atoms with Crippen LogP contribution in [0.15, 0.2) is 48.5 Å². The number of nitro benzene ring substituents is 1. The van der Waals surface area contributed by atoms with Gasteiger partial charge in [0, 0.05) is 35.8 Å². The predicted octanol–water partition coefficient (Wildman–Crippen LogP) is 3.21. The van der Waals surface area contributed by atoms with Gasteiger partial charge in [-0.1, -0.05) is 11.6 Å². The molecule has 0 radical (unpaired) electrons. The number of carbonyl (C=O) groups is 2. The number of esters is 1. The summed E-state index contributed by atoms with van der Waals surface area (Å²) in [6, 6.07) is 12.0. The Balaban J connectivity index is 1.66. The van der Waals surface area contributed by atoms with E-state index in [2.05, 4.69) is 0 Å². The standard InChI is InChI=1S/C17H13ClN2O5/c18-12-1-3-13(4-2-12)19-10-11(9-16(19)21)17(22)25-15-7-5-14(6-8-15)20(23)24/h1-8,11H,9-10H2/t11-/m1/s1. The van der Waals surface area contributed by atoms with Gasteiger partial charge in [-0.25, -0.2) is 0 Å². The summed E-state index contributed by atoms with van der Waals surface area (Å²) in [4.78, 5) is 36.0. The van der Waals surface area contributed by atoms with Gasteiger partial charge >= 0.3 is 5.97 Å². The van der Waals surface area contributed by atoms with Crippen molar-refractivity contribution in [2.75, 3.05) is 11.4 Å².